The number of benzene rings is 3. The van der Waals surface area contributed by atoms with Gasteiger partial charge in [-0.05, 0) is 53.0 Å². The summed E-state index contributed by atoms with van der Waals surface area (Å²) < 4.78 is 55.2. The molecule has 0 amide bonds. The van der Waals surface area contributed by atoms with Crippen LogP contribution in [0.4, 0.5) is 0 Å². The maximum absolute atomic E-state index is 6.40. The summed E-state index contributed by atoms with van der Waals surface area (Å²) in [5.41, 5.74) is 5.90. The van der Waals surface area contributed by atoms with Gasteiger partial charge in [0.05, 0.1) is 64.0 Å². The van der Waals surface area contributed by atoms with Crippen LogP contribution in [-0.4, -0.2) is 72.1 Å². The van der Waals surface area contributed by atoms with E-state index in [4.69, 9.17) is 42.6 Å². The van der Waals surface area contributed by atoms with Crippen molar-refractivity contribution in [2.75, 3.05) is 64.0 Å². The summed E-state index contributed by atoms with van der Waals surface area (Å²) in [6, 6.07) is 5.69. The van der Waals surface area contributed by atoms with Crippen LogP contribution < -0.4 is 95.4 Å². The van der Waals surface area contributed by atoms with Gasteiger partial charge < -0.3 is 79.9 Å². The van der Waals surface area contributed by atoms with Gasteiger partial charge in [0.25, 0.3) is 0 Å². The Hall–Kier alpha value is -2.86. The van der Waals surface area contributed by atoms with Gasteiger partial charge in [-0.2, -0.15) is 11.1 Å². The van der Waals surface area contributed by atoms with E-state index >= 15 is 0 Å². The van der Waals surface area contributed by atoms with Gasteiger partial charge in [-0.25, -0.2) is 5.57 Å². The van der Waals surface area contributed by atoms with E-state index in [9.17, 15) is 0 Å². The van der Waals surface area contributed by atoms with Crippen LogP contribution in [0.15, 0.2) is 34.9 Å². The third-order valence-corrected chi connectivity index (χ3v) is 16.6. The van der Waals surface area contributed by atoms with E-state index in [2.05, 4.69) is 33.8 Å². The van der Waals surface area contributed by atoms with Crippen molar-refractivity contribution in [1.82, 2.24) is 0 Å². The van der Waals surface area contributed by atoms with Crippen molar-refractivity contribution in [3.8, 4) is 51.7 Å². The summed E-state index contributed by atoms with van der Waals surface area (Å²) in [4.78, 5) is 0. The first-order valence-electron chi connectivity index (χ1n) is 16.0. The molecule has 1 atom stereocenters. The Labute approximate surface area is 350 Å². The topological polar surface area (TPSA) is 83.1 Å². The molecular formula is C39H51Cl3O9SiTi. The second kappa shape index (κ2) is 19.6. The molecule has 0 spiro atoms. The monoisotopic (exact) mass is 844 g/mol. The molecule has 0 bridgehead atoms. The van der Waals surface area contributed by atoms with Gasteiger partial charge in [-0.3, -0.25) is 6.08 Å². The van der Waals surface area contributed by atoms with E-state index in [0.717, 1.165) is 49.0 Å². The number of ether oxygens (including phenoxy) is 9. The molecule has 0 heterocycles. The molecule has 0 fully saturated rings. The van der Waals surface area contributed by atoms with E-state index in [1.54, 1.807) is 64.0 Å². The molecule has 3 aromatic carbocycles. The van der Waals surface area contributed by atoms with E-state index in [-0.39, 0.29) is 58.9 Å². The molecule has 3 aromatic rings. The van der Waals surface area contributed by atoms with Crippen molar-refractivity contribution < 1.29 is 102 Å². The van der Waals surface area contributed by atoms with Crippen molar-refractivity contribution >= 4 is 23.6 Å². The molecule has 14 heteroatoms. The number of allylic oxidation sites excluding steroid dienone is 4. The normalized spacial score (nSPS) is 14.7. The van der Waals surface area contributed by atoms with Crippen molar-refractivity contribution in [3.05, 3.63) is 57.7 Å². The zero-order valence-electron chi connectivity index (χ0n) is 33.5. The van der Waals surface area contributed by atoms with Crippen LogP contribution in [-0.2, 0) is 21.7 Å². The molecule has 1 aliphatic rings. The number of methoxy groups -OCH3 is 9. The molecule has 1 aliphatic carbocycles. The smallest absolute Gasteiger partial charge is 1.00 e. The Balaban J connectivity index is 0.00000676. The minimum Gasteiger partial charge on any atom is -1.00 e. The van der Waals surface area contributed by atoms with Crippen LogP contribution in [0.2, 0.25) is 5.04 Å². The molecule has 0 saturated heterocycles. The fourth-order valence-corrected chi connectivity index (χ4v) is 15.1. The first-order valence-corrected chi connectivity index (χ1v) is 18.0. The third kappa shape index (κ3) is 7.44. The van der Waals surface area contributed by atoms with Crippen molar-refractivity contribution in [2.45, 2.75) is 53.5 Å². The average Bonchev–Trinajstić information content (AvgIpc) is 3.30. The largest absolute Gasteiger partial charge is 4.00 e. The van der Waals surface area contributed by atoms with Crippen molar-refractivity contribution in [2.24, 2.45) is 0 Å². The molecule has 53 heavy (non-hydrogen) atoms. The summed E-state index contributed by atoms with van der Waals surface area (Å²) in [5, 5.41) is 1.99. The summed E-state index contributed by atoms with van der Waals surface area (Å²) in [6.45, 7) is 14.9. The third-order valence-electron chi connectivity index (χ3n) is 10.5. The van der Waals surface area contributed by atoms with Gasteiger partial charge in [-0.1, -0.05) is 25.8 Å². The number of hydrogen-bond acceptors (Lipinski definition) is 9. The summed E-state index contributed by atoms with van der Waals surface area (Å²) in [6.07, 6.45) is 4.02. The van der Waals surface area contributed by atoms with E-state index < -0.39 is 13.1 Å². The molecule has 9 nitrogen and oxygen atoms in total. The zero-order chi connectivity index (χ0) is 36.6. The Morgan fingerprint density at radius 1 is 0.453 bits per heavy atom. The van der Waals surface area contributed by atoms with Crippen molar-refractivity contribution in [1.29, 1.82) is 0 Å². The van der Waals surface area contributed by atoms with Crippen LogP contribution in [0.3, 0.4) is 0 Å². The maximum Gasteiger partial charge on any atom is 4.00 e. The van der Waals surface area contributed by atoms with Crippen LogP contribution in [0.1, 0.15) is 44.4 Å². The Morgan fingerprint density at radius 2 is 0.717 bits per heavy atom. The molecule has 0 radical (unpaired) electrons. The van der Waals surface area contributed by atoms with Crippen LogP contribution >= 0.6 is 0 Å². The predicted octanol–water partition coefficient (Wildman–Crippen LogP) is -2.97. The van der Waals surface area contributed by atoms with Crippen LogP contribution in [0.25, 0.3) is 0 Å². The molecule has 0 aromatic heterocycles. The van der Waals surface area contributed by atoms with Gasteiger partial charge in [0.2, 0.25) is 0 Å². The van der Waals surface area contributed by atoms with Crippen LogP contribution in [0.5, 0.6) is 51.7 Å². The maximum atomic E-state index is 6.40. The van der Waals surface area contributed by atoms with Gasteiger partial charge in [0.15, 0.2) is 42.6 Å². The summed E-state index contributed by atoms with van der Waals surface area (Å²) in [5.74, 6) is 5.26. The predicted molar refractivity (Wildman–Crippen MR) is 196 cm³/mol. The number of hydrogen-bond donors (Lipinski definition) is 0. The van der Waals surface area contributed by atoms with Crippen LogP contribution in [0, 0.1) is 26.8 Å². The minimum atomic E-state index is -3.81. The Morgan fingerprint density at radius 3 is 0.906 bits per heavy atom. The summed E-state index contributed by atoms with van der Waals surface area (Å²) >= 11 is 0. The molecule has 0 saturated carbocycles. The fourth-order valence-electron chi connectivity index (χ4n) is 8.04. The van der Waals surface area contributed by atoms with Gasteiger partial charge >= 0.3 is 21.7 Å². The SMILES string of the molecule is COc1cc(OC)c([Si](c2c(OC)cc(OC)c(OC)c2C)(c2c(OC)cc(OC)c(OC)c2C)C2(C)[C-]=C(C)C(C)=C2C)c(C)c1OC.[Cl-].[Cl-].[Cl-].[Ti+4]. The second-order valence-electron chi connectivity index (χ2n) is 12.3. The van der Waals surface area contributed by atoms with E-state index in [1.807, 2.05) is 39.0 Å². The number of rotatable bonds is 13. The molecule has 0 aliphatic heterocycles. The van der Waals surface area contributed by atoms with Crippen molar-refractivity contribution in [3.63, 3.8) is 0 Å². The van der Waals surface area contributed by atoms with E-state index in [0.29, 0.717) is 51.7 Å². The first-order chi connectivity index (χ1) is 23.3. The number of halogens is 3. The molecule has 290 valence electrons. The quantitative estimate of drug-likeness (QED) is 0.102. The molecule has 1 unspecified atom stereocenters. The molecule has 0 N–H and O–H groups in total. The summed E-state index contributed by atoms with van der Waals surface area (Å²) in [7, 11) is 11.0. The Bertz CT molecular complexity index is 1680. The van der Waals surface area contributed by atoms with Gasteiger partial charge in [0.1, 0.15) is 17.2 Å². The van der Waals surface area contributed by atoms with Gasteiger partial charge in [0, 0.05) is 18.2 Å². The minimum absolute atomic E-state index is 0. The van der Waals surface area contributed by atoms with Gasteiger partial charge in [-0.15, -0.1) is 6.92 Å². The second-order valence-corrected chi connectivity index (χ2v) is 16.3. The van der Waals surface area contributed by atoms with E-state index in [1.165, 1.54) is 0 Å². The fraction of sp³-hybridized carbons (Fsp3) is 0.436. The standard InChI is InChI=1S/C39H51O9Si.3ClH.Ti/c1-21-20-39(7,26(6)22(21)2)49(36-23(3)33(46-14)27(40-8)17-30(36)43-11,37-24(4)34(47-15)28(41-9)18-31(37)44-12)38-25(5)35(48-16)29(42-10)19-32(38)45-13;;;;/h17-19H,1-16H3;3*1H;/q-1;;;;+4/p-3. The average molecular weight is 846 g/mol. The Kier molecular flexibility index (Phi) is 18.6. The molecule has 4 rings (SSSR count). The zero-order valence-corrected chi connectivity index (χ0v) is 38.4. The molecular weight excluding hydrogens is 795 g/mol. The first kappa shape index (κ1) is 50.1.